The summed E-state index contributed by atoms with van der Waals surface area (Å²) in [6, 6.07) is 18.4. The number of amides is 1. The van der Waals surface area contributed by atoms with Crippen LogP contribution in [0.3, 0.4) is 0 Å². The quantitative estimate of drug-likeness (QED) is 0.524. The highest BCUT2D eigenvalue weighted by molar-refractivity contribution is 5.96. The van der Waals surface area contributed by atoms with Crippen molar-refractivity contribution < 1.29 is 9.32 Å². The highest BCUT2D eigenvalue weighted by atomic mass is 16.5. The minimum atomic E-state index is 0.164. The van der Waals surface area contributed by atoms with Crippen molar-refractivity contribution in [2.75, 3.05) is 6.54 Å². The fraction of sp³-hybridized carbons (Fsp3) is 0.208. The third kappa shape index (κ3) is 3.40. The summed E-state index contributed by atoms with van der Waals surface area (Å²) < 4.78 is 5.65. The van der Waals surface area contributed by atoms with Gasteiger partial charge in [-0.15, -0.1) is 0 Å². The molecule has 0 unspecified atom stereocenters. The molecule has 2 aromatic carbocycles. The minimum Gasteiger partial charge on any atom is -0.360 e. The van der Waals surface area contributed by atoms with Crippen LogP contribution in [-0.2, 0) is 24.2 Å². The minimum absolute atomic E-state index is 0.164. The van der Waals surface area contributed by atoms with E-state index in [9.17, 15) is 4.79 Å². The summed E-state index contributed by atoms with van der Waals surface area (Å²) in [6.45, 7) is 1.22. The van der Waals surface area contributed by atoms with Crippen molar-refractivity contribution in [2.24, 2.45) is 0 Å². The predicted octanol–water partition coefficient (Wildman–Crippen LogP) is 4.41. The number of nitrogens with zero attached hydrogens (tertiary/aromatic N) is 3. The van der Waals surface area contributed by atoms with Crippen molar-refractivity contribution in [1.29, 1.82) is 0 Å². The normalized spacial score (nSPS) is 13.4. The van der Waals surface area contributed by atoms with Gasteiger partial charge in [0.2, 0.25) is 5.91 Å². The Kier molecular flexibility index (Phi) is 4.56. The van der Waals surface area contributed by atoms with Gasteiger partial charge in [0.15, 0.2) is 0 Å². The molecule has 4 aromatic rings. The van der Waals surface area contributed by atoms with E-state index in [1.807, 2.05) is 35.2 Å². The van der Waals surface area contributed by atoms with Gasteiger partial charge in [-0.05, 0) is 34.9 Å². The van der Waals surface area contributed by atoms with E-state index in [1.165, 1.54) is 5.39 Å². The SMILES string of the molecule is O=C(CCc1ccncc1)N1CCc2onc(-c3cccc4ccccc34)c2C1. The van der Waals surface area contributed by atoms with Gasteiger partial charge < -0.3 is 9.42 Å². The molecule has 1 aliphatic heterocycles. The van der Waals surface area contributed by atoms with Crippen molar-refractivity contribution in [3.63, 3.8) is 0 Å². The maximum atomic E-state index is 12.8. The molecule has 0 spiro atoms. The number of aryl methyl sites for hydroxylation is 1. The van der Waals surface area contributed by atoms with Crippen LogP contribution < -0.4 is 0 Å². The third-order valence-electron chi connectivity index (χ3n) is 5.60. The van der Waals surface area contributed by atoms with Crippen LogP contribution in [0.2, 0.25) is 0 Å². The van der Waals surface area contributed by atoms with Gasteiger partial charge in [-0.1, -0.05) is 47.6 Å². The summed E-state index contributed by atoms with van der Waals surface area (Å²) in [7, 11) is 0. The van der Waals surface area contributed by atoms with Gasteiger partial charge in [-0.2, -0.15) is 0 Å². The Hall–Kier alpha value is -3.47. The second-order valence-corrected chi connectivity index (χ2v) is 7.38. The molecule has 29 heavy (non-hydrogen) atoms. The van der Waals surface area contributed by atoms with Gasteiger partial charge in [0.1, 0.15) is 11.5 Å². The number of hydrogen-bond donors (Lipinski definition) is 0. The zero-order valence-electron chi connectivity index (χ0n) is 16.0. The Balaban J connectivity index is 1.39. The highest BCUT2D eigenvalue weighted by Gasteiger charge is 2.27. The van der Waals surface area contributed by atoms with Gasteiger partial charge in [0.25, 0.3) is 0 Å². The molecule has 0 atom stereocenters. The molecular formula is C24H21N3O2. The molecular weight excluding hydrogens is 362 g/mol. The molecule has 1 aliphatic rings. The maximum Gasteiger partial charge on any atom is 0.223 e. The molecule has 0 bridgehead atoms. The van der Waals surface area contributed by atoms with Gasteiger partial charge in [0.05, 0.1) is 6.54 Å². The van der Waals surface area contributed by atoms with Crippen LogP contribution in [0.5, 0.6) is 0 Å². The van der Waals surface area contributed by atoms with Gasteiger partial charge in [-0.25, -0.2) is 0 Å². The molecule has 0 saturated carbocycles. The fourth-order valence-corrected chi connectivity index (χ4v) is 4.02. The third-order valence-corrected chi connectivity index (χ3v) is 5.60. The highest BCUT2D eigenvalue weighted by Crippen LogP contribution is 2.34. The van der Waals surface area contributed by atoms with E-state index >= 15 is 0 Å². The lowest BCUT2D eigenvalue weighted by molar-refractivity contribution is -0.132. The van der Waals surface area contributed by atoms with Crippen LogP contribution in [-0.4, -0.2) is 27.5 Å². The van der Waals surface area contributed by atoms with Crippen LogP contribution in [0.25, 0.3) is 22.0 Å². The summed E-state index contributed by atoms with van der Waals surface area (Å²) in [5, 5.41) is 6.70. The smallest absolute Gasteiger partial charge is 0.223 e. The summed E-state index contributed by atoms with van der Waals surface area (Å²) >= 11 is 0. The first-order valence-corrected chi connectivity index (χ1v) is 9.92. The van der Waals surface area contributed by atoms with E-state index in [-0.39, 0.29) is 5.91 Å². The Morgan fingerprint density at radius 2 is 1.86 bits per heavy atom. The molecule has 0 aliphatic carbocycles. The van der Waals surface area contributed by atoms with Crippen LogP contribution in [0.15, 0.2) is 71.5 Å². The van der Waals surface area contributed by atoms with Crippen LogP contribution >= 0.6 is 0 Å². The lowest BCUT2D eigenvalue weighted by Crippen LogP contribution is -2.35. The number of carbonyl (C=O) groups is 1. The molecule has 0 saturated heterocycles. The van der Waals surface area contributed by atoms with Gasteiger partial charge in [-0.3, -0.25) is 9.78 Å². The zero-order chi connectivity index (χ0) is 19.6. The average Bonchev–Trinajstić information content (AvgIpc) is 3.21. The van der Waals surface area contributed by atoms with E-state index in [0.29, 0.717) is 25.9 Å². The molecule has 3 heterocycles. The number of fused-ring (bicyclic) bond motifs is 2. The van der Waals surface area contributed by atoms with Crippen molar-refractivity contribution in [3.8, 4) is 11.3 Å². The summed E-state index contributed by atoms with van der Waals surface area (Å²) in [5.41, 5.74) is 4.07. The van der Waals surface area contributed by atoms with Gasteiger partial charge >= 0.3 is 0 Å². The molecule has 0 fully saturated rings. The first kappa shape index (κ1) is 17.6. The largest absolute Gasteiger partial charge is 0.360 e. The summed E-state index contributed by atoms with van der Waals surface area (Å²) in [6.07, 6.45) is 5.45. The molecule has 1 amide bonds. The van der Waals surface area contributed by atoms with E-state index in [4.69, 9.17) is 4.52 Å². The number of aromatic nitrogens is 2. The second-order valence-electron chi connectivity index (χ2n) is 7.38. The average molecular weight is 383 g/mol. The maximum absolute atomic E-state index is 12.8. The molecule has 5 heteroatoms. The summed E-state index contributed by atoms with van der Waals surface area (Å²) in [5.74, 6) is 1.06. The molecule has 2 aromatic heterocycles. The predicted molar refractivity (Wildman–Crippen MR) is 111 cm³/mol. The van der Waals surface area contributed by atoms with E-state index < -0.39 is 0 Å². The monoisotopic (exact) mass is 383 g/mol. The number of hydrogen-bond acceptors (Lipinski definition) is 4. The second kappa shape index (κ2) is 7.51. The Morgan fingerprint density at radius 1 is 1.03 bits per heavy atom. The Morgan fingerprint density at radius 3 is 2.76 bits per heavy atom. The standard InChI is InChI=1S/C24H21N3O2/c28-23(9-8-17-10-13-25-14-11-17)27-15-12-22-21(16-27)24(26-29-22)20-7-3-5-18-4-1-2-6-19(18)20/h1-7,10-11,13-14H,8-9,12,15-16H2. The Bertz CT molecular complexity index is 1160. The zero-order valence-corrected chi connectivity index (χ0v) is 16.0. The van der Waals surface area contributed by atoms with E-state index in [2.05, 4.69) is 34.4 Å². The van der Waals surface area contributed by atoms with Crippen molar-refractivity contribution in [3.05, 3.63) is 83.9 Å². The lowest BCUT2D eigenvalue weighted by Gasteiger charge is -2.26. The molecule has 5 rings (SSSR count). The molecule has 0 radical (unpaired) electrons. The van der Waals surface area contributed by atoms with Crippen molar-refractivity contribution in [2.45, 2.75) is 25.8 Å². The van der Waals surface area contributed by atoms with Crippen molar-refractivity contribution in [1.82, 2.24) is 15.0 Å². The first-order valence-electron chi connectivity index (χ1n) is 9.92. The molecule has 5 nitrogen and oxygen atoms in total. The van der Waals surface area contributed by atoms with Crippen LogP contribution in [0.4, 0.5) is 0 Å². The van der Waals surface area contributed by atoms with E-state index in [1.54, 1.807) is 12.4 Å². The number of rotatable bonds is 4. The fourth-order valence-electron chi connectivity index (χ4n) is 4.02. The molecule has 0 N–H and O–H groups in total. The molecule has 144 valence electrons. The summed E-state index contributed by atoms with van der Waals surface area (Å²) in [4.78, 5) is 18.8. The lowest BCUT2D eigenvalue weighted by atomic mass is 9.97. The first-order chi connectivity index (χ1) is 14.3. The topological polar surface area (TPSA) is 59.2 Å². The Labute approximate surface area is 169 Å². The van der Waals surface area contributed by atoms with Crippen LogP contribution in [0, 0.1) is 0 Å². The number of carbonyl (C=O) groups excluding carboxylic acids is 1. The van der Waals surface area contributed by atoms with Crippen LogP contribution in [0.1, 0.15) is 23.3 Å². The van der Waals surface area contributed by atoms with Crippen molar-refractivity contribution >= 4 is 16.7 Å². The number of pyridine rings is 1. The van der Waals surface area contributed by atoms with E-state index in [0.717, 1.165) is 40.0 Å². The van der Waals surface area contributed by atoms with Gasteiger partial charge in [0, 0.05) is 42.9 Å². The number of benzene rings is 2.